The molecule has 15 nitrogen and oxygen atoms in total. The van der Waals surface area contributed by atoms with Crippen LogP contribution in [0.15, 0.2) is 55.4 Å². The van der Waals surface area contributed by atoms with Crippen molar-refractivity contribution in [2.24, 2.45) is 17.8 Å². The second-order valence-corrected chi connectivity index (χ2v) is 22.8. The molecule has 15 rings (SSSR count). The Morgan fingerprint density at radius 2 is 0.701 bits per heavy atom. The molecule has 12 heterocycles. The quantitative estimate of drug-likeness (QED) is 0.170. The van der Waals surface area contributed by atoms with Crippen molar-refractivity contribution in [2.75, 3.05) is 93.0 Å². The maximum absolute atomic E-state index is 5.56. The summed E-state index contributed by atoms with van der Waals surface area (Å²) in [5, 5.41) is 3.44. The highest BCUT2D eigenvalue weighted by Crippen LogP contribution is 2.41. The van der Waals surface area contributed by atoms with Crippen molar-refractivity contribution in [3.8, 4) is 0 Å². The topological polar surface area (TPSA) is 137 Å². The third-order valence-electron chi connectivity index (χ3n) is 18.2. The SMILES string of the molecule is C.C.C.C1=C(C2CCOCC2)c2c(ncc3nc(C4CCNCC4)cn23)C1.CN1CCC(c2cn3c4c(ncc3n2)CC=C4C2CCOCC2)CC1.CN1CCC(c2cn3c4c(ncc3n2)CC=C4C2CCOCC2)CC1. The predicted octanol–water partition coefficient (Wildman–Crippen LogP) is 10.3. The first-order valence-corrected chi connectivity index (χ1v) is 28.5. The van der Waals surface area contributed by atoms with Crippen LogP contribution in [0.1, 0.15) is 168 Å². The summed E-state index contributed by atoms with van der Waals surface area (Å²) in [6, 6.07) is 0. The monoisotopic (exact) mass is 1050 g/mol. The zero-order valence-corrected chi connectivity index (χ0v) is 43.9. The lowest BCUT2D eigenvalue weighted by Crippen LogP contribution is -2.29. The van der Waals surface area contributed by atoms with Crippen LogP contribution in [0.4, 0.5) is 0 Å². The van der Waals surface area contributed by atoms with Crippen LogP contribution in [-0.4, -0.2) is 146 Å². The highest BCUT2D eigenvalue weighted by molar-refractivity contribution is 5.75. The second-order valence-electron chi connectivity index (χ2n) is 22.8. The molecule has 0 saturated carbocycles. The number of rotatable bonds is 6. The van der Waals surface area contributed by atoms with Crippen molar-refractivity contribution in [1.29, 1.82) is 0 Å². The Kier molecular flexibility index (Phi) is 17.5. The van der Waals surface area contributed by atoms with Crippen molar-refractivity contribution < 1.29 is 14.2 Å². The van der Waals surface area contributed by atoms with Gasteiger partial charge in [0.2, 0.25) is 0 Å². The summed E-state index contributed by atoms with van der Waals surface area (Å²) in [6.07, 6.45) is 36.7. The number of ether oxygens (including phenoxy) is 3. The molecule has 6 aliphatic heterocycles. The van der Waals surface area contributed by atoms with E-state index < -0.39 is 0 Å². The van der Waals surface area contributed by atoms with E-state index in [1.165, 1.54) is 133 Å². The number of nitrogens with zero attached hydrogens (tertiary/aromatic N) is 11. The van der Waals surface area contributed by atoms with Crippen LogP contribution in [0.5, 0.6) is 0 Å². The molecule has 6 aromatic heterocycles. The van der Waals surface area contributed by atoms with Gasteiger partial charge in [0, 0.05) is 95.2 Å². The number of hydrogen-bond donors (Lipinski definition) is 1. The van der Waals surface area contributed by atoms with Crippen LogP contribution >= 0.6 is 0 Å². The lowest BCUT2D eigenvalue weighted by atomic mass is 9.90. The lowest BCUT2D eigenvalue weighted by Gasteiger charge is -2.27. The van der Waals surface area contributed by atoms with Crippen LogP contribution in [-0.2, 0) is 33.5 Å². The molecule has 0 unspecified atom stereocenters. The summed E-state index contributed by atoms with van der Waals surface area (Å²) in [7, 11) is 4.42. The Labute approximate surface area is 458 Å². The minimum absolute atomic E-state index is 0. The van der Waals surface area contributed by atoms with E-state index in [0.717, 1.165) is 127 Å². The number of fused-ring (bicyclic) bond motifs is 9. The molecule has 15 heteroatoms. The van der Waals surface area contributed by atoms with Crippen LogP contribution < -0.4 is 5.32 Å². The molecule has 0 amide bonds. The second kappa shape index (κ2) is 24.5. The molecule has 3 aliphatic carbocycles. The normalized spacial score (nSPS) is 22.1. The molecule has 0 atom stereocenters. The maximum Gasteiger partial charge on any atom is 0.156 e. The Morgan fingerprint density at radius 1 is 0.403 bits per heavy atom. The van der Waals surface area contributed by atoms with Gasteiger partial charge in [-0.2, -0.15) is 0 Å². The molecule has 1 N–H and O–H groups in total. The van der Waals surface area contributed by atoms with Gasteiger partial charge < -0.3 is 29.3 Å². The van der Waals surface area contributed by atoms with E-state index in [9.17, 15) is 0 Å². The number of imidazole rings is 3. The predicted molar refractivity (Wildman–Crippen MR) is 309 cm³/mol. The number of allylic oxidation sites excluding steroid dienone is 6. The molecule has 77 heavy (non-hydrogen) atoms. The van der Waals surface area contributed by atoms with Gasteiger partial charge in [-0.3, -0.25) is 28.2 Å². The number of aromatic nitrogens is 9. The summed E-state index contributed by atoms with van der Waals surface area (Å²) >= 11 is 0. The zero-order chi connectivity index (χ0) is 49.5. The fraction of sp³-hybridized carbons (Fsp3) is 0.613. The maximum atomic E-state index is 5.56. The minimum Gasteiger partial charge on any atom is -0.381 e. The third kappa shape index (κ3) is 11.2. The van der Waals surface area contributed by atoms with E-state index in [1.807, 2.05) is 18.6 Å². The summed E-state index contributed by atoms with van der Waals surface area (Å²) in [6.45, 7) is 12.2. The van der Waals surface area contributed by atoms with Gasteiger partial charge >= 0.3 is 0 Å². The van der Waals surface area contributed by atoms with Crippen molar-refractivity contribution in [3.63, 3.8) is 0 Å². The smallest absolute Gasteiger partial charge is 0.156 e. The minimum atomic E-state index is 0. The summed E-state index contributed by atoms with van der Waals surface area (Å²) in [4.78, 5) is 33.8. The van der Waals surface area contributed by atoms with Crippen LogP contribution in [0.25, 0.3) is 33.7 Å². The molecule has 9 aliphatic rings. The third-order valence-corrected chi connectivity index (χ3v) is 18.2. The van der Waals surface area contributed by atoms with E-state index in [4.69, 9.17) is 44.1 Å². The van der Waals surface area contributed by atoms with Gasteiger partial charge in [-0.25, -0.2) is 15.0 Å². The summed E-state index contributed by atoms with van der Waals surface area (Å²) in [5.41, 5.74) is 18.8. The molecule has 0 bridgehead atoms. The van der Waals surface area contributed by atoms with E-state index in [1.54, 1.807) is 0 Å². The number of nitrogens with one attached hydrogen (secondary N) is 1. The van der Waals surface area contributed by atoms with Crippen LogP contribution in [0.2, 0.25) is 0 Å². The number of piperidine rings is 3. The first kappa shape index (κ1) is 55.2. The Bertz CT molecular complexity index is 2920. The van der Waals surface area contributed by atoms with E-state index in [0.29, 0.717) is 35.5 Å². The first-order chi connectivity index (χ1) is 36.5. The van der Waals surface area contributed by atoms with Gasteiger partial charge in [0.15, 0.2) is 16.9 Å². The fourth-order valence-electron chi connectivity index (χ4n) is 13.8. The van der Waals surface area contributed by atoms with Crippen molar-refractivity contribution in [3.05, 3.63) is 107 Å². The number of hydrogen-bond acceptors (Lipinski definition) is 12. The van der Waals surface area contributed by atoms with Crippen molar-refractivity contribution >= 4 is 33.7 Å². The highest BCUT2D eigenvalue weighted by Gasteiger charge is 2.32. The standard InChI is InChI=1S/2C20H26N4O.C19H24N4O.3CH4/c2*1-23-8-4-15(5-9-23)18-13-24-19(22-18)12-21-17-3-2-16(20(17)24)14-6-10-25-11-7-14;1-2-16-19(15(1)13-5-9-24-10-6-13)23-12-17(22-18(23)11-21-16)14-3-7-20-8-4-14;;;/h2*2,12-15H,3-11H2,1H3;1,11-14,20H,2-10H2;3*1H4. The van der Waals surface area contributed by atoms with Crippen molar-refractivity contribution in [2.45, 2.75) is 136 Å². The fourth-order valence-corrected chi connectivity index (χ4v) is 13.8. The summed E-state index contributed by atoms with van der Waals surface area (Å²) < 4.78 is 23.6. The number of likely N-dealkylation sites (tertiary alicyclic amines) is 2. The van der Waals surface area contributed by atoms with Gasteiger partial charge in [-0.15, -0.1) is 0 Å². The molecule has 0 aromatic carbocycles. The van der Waals surface area contributed by atoms with E-state index in [2.05, 4.69) is 79.2 Å². The summed E-state index contributed by atoms with van der Waals surface area (Å²) in [5.74, 6) is 3.58. The molecule has 0 radical (unpaired) electrons. The Morgan fingerprint density at radius 3 is 1.01 bits per heavy atom. The highest BCUT2D eigenvalue weighted by atomic mass is 16.5. The van der Waals surface area contributed by atoms with Gasteiger partial charge in [-0.1, -0.05) is 40.5 Å². The average molecular weight is 1050 g/mol. The van der Waals surface area contributed by atoms with E-state index >= 15 is 0 Å². The lowest BCUT2D eigenvalue weighted by molar-refractivity contribution is 0.0806. The molecule has 6 fully saturated rings. The average Bonchev–Trinajstić information content (AvgIpc) is 4.48. The molecule has 6 saturated heterocycles. The molecule has 414 valence electrons. The zero-order valence-electron chi connectivity index (χ0n) is 43.9. The molecule has 0 spiro atoms. The van der Waals surface area contributed by atoms with Crippen molar-refractivity contribution in [1.82, 2.24) is 58.2 Å². The van der Waals surface area contributed by atoms with Gasteiger partial charge in [0.05, 0.1) is 69.8 Å². The molecular weight excluding hydrogens is 961 g/mol. The largest absolute Gasteiger partial charge is 0.381 e. The van der Waals surface area contributed by atoms with Gasteiger partial charge in [-0.05, 0) is 165 Å². The van der Waals surface area contributed by atoms with E-state index in [-0.39, 0.29) is 22.3 Å². The first-order valence-electron chi connectivity index (χ1n) is 28.5. The van der Waals surface area contributed by atoms with Gasteiger partial charge in [0.25, 0.3) is 0 Å². The Hall–Kier alpha value is -5.16. The van der Waals surface area contributed by atoms with Crippen LogP contribution in [0.3, 0.4) is 0 Å². The van der Waals surface area contributed by atoms with Gasteiger partial charge in [0.1, 0.15) is 0 Å². The molecular formula is C62H88N12O3. The Balaban J connectivity index is 0.000000129. The van der Waals surface area contributed by atoms with Crippen LogP contribution in [0, 0.1) is 17.8 Å². The molecule has 6 aromatic rings.